The third kappa shape index (κ3) is 3.58. The molecule has 28 heavy (non-hydrogen) atoms. The number of para-hydroxylation sites is 2. The first-order valence-corrected chi connectivity index (χ1v) is 9.69. The second-order valence-electron chi connectivity index (χ2n) is 5.96. The average molecular weight is 414 g/mol. The topological polar surface area (TPSA) is 66.2 Å². The molecule has 4 rings (SSSR count). The quantitative estimate of drug-likeness (QED) is 0.472. The van der Waals surface area contributed by atoms with Crippen LogP contribution in [-0.4, -0.2) is 27.6 Å². The van der Waals surface area contributed by atoms with Gasteiger partial charge in [0.2, 0.25) is 0 Å². The summed E-state index contributed by atoms with van der Waals surface area (Å²) >= 11 is 7.09. The molecule has 0 bridgehead atoms. The number of hydrogen-bond donors (Lipinski definition) is 0. The zero-order valence-electron chi connectivity index (χ0n) is 15.0. The van der Waals surface area contributed by atoms with E-state index in [2.05, 4.69) is 9.36 Å². The van der Waals surface area contributed by atoms with Crippen LogP contribution in [0.2, 0.25) is 5.02 Å². The normalized spacial score (nSPS) is 10.9. The molecule has 0 atom stereocenters. The summed E-state index contributed by atoms with van der Waals surface area (Å²) in [5, 5.41) is 0.647. The summed E-state index contributed by atoms with van der Waals surface area (Å²) in [4.78, 5) is 17.2. The minimum absolute atomic E-state index is 0.133. The summed E-state index contributed by atoms with van der Waals surface area (Å²) in [5.41, 5.74) is 2.02. The number of hydrogen-bond acceptors (Lipinski definition) is 6. The fraction of sp³-hybridized carbons (Fsp3) is 0.150. The second kappa shape index (κ2) is 8.00. The number of ether oxygens (including phenoxy) is 2. The number of halogens is 1. The Hall–Kier alpha value is -2.90. The van der Waals surface area contributed by atoms with Crippen molar-refractivity contribution < 1.29 is 9.47 Å². The minimum Gasteiger partial charge on any atom is -0.493 e. The van der Waals surface area contributed by atoms with Gasteiger partial charge in [-0.15, -0.1) is 0 Å². The minimum atomic E-state index is -0.133. The first-order valence-electron chi connectivity index (χ1n) is 8.54. The Labute approximate surface area is 170 Å². The van der Waals surface area contributed by atoms with Gasteiger partial charge in [-0.05, 0) is 35.8 Å². The molecular weight excluding hydrogens is 398 g/mol. The lowest BCUT2D eigenvalue weighted by atomic mass is 10.1. The van der Waals surface area contributed by atoms with E-state index in [-0.39, 0.29) is 5.56 Å². The predicted octanol–water partition coefficient (Wildman–Crippen LogP) is 4.26. The lowest BCUT2D eigenvalue weighted by Crippen LogP contribution is -2.22. The van der Waals surface area contributed by atoms with E-state index in [1.165, 1.54) is 10.9 Å². The van der Waals surface area contributed by atoms with E-state index in [4.69, 9.17) is 21.1 Å². The number of aromatic nitrogens is 3. The van der Waals surface area contributed by atoms with Crippen LogP contribution < -0.4 is 15.0 Å². The van der Waals surface area contributed by atoms with E-state index >= 15 is 0 Å². The van der Waals surface area contributed by atoms with Crippen molar-refractivity contribution in [1.29, 1.82) is 0 Å². The Balaban J connectivity index is 1.55. The smallest absolute Gasteiger partial charge is 0.273 e. The lowest BCUT2D eigenvalue weighted by molar-refractivity contribution is 0.278. The largest absolute Gasteiger partial charge is 0.493 e. The molecule has 0 spiro atoms. The second-order valence-corrected chi connectivity index (χ2v) is 7.17. The standard InChI is InChI=1S/C20H16ClN3O3S/c1-26-15-4-2-3-5-16(15)27-11-10-24-12-22-18-17(23-28-19(18)20(24)25)13-6-8-14(21)9-7-13/h2-9,12H,10-11H2,1H3. The van der Waals surface area contributed by atoms with Crippen molar-refractivity contribution in [2.24, 2.45) is 0 Å². The average Bonchev–Trinajstić information content (AvgIpc) is 3.15. The Morgan fingerprint density at radius 3 is 2.61 bits per heavy atom. The molecule has 142 valence electrons. The number of nitrogens with zero attached hydrogens (tertiary/aromatic N) is 3. The van der Waals surface area contributed by atoms with Crippen molar-refractivity contribution in [3.8, 4) is 22.8 Å². The van der Waals surface area contributed by atoms with E-state index in [1.54, 1.807) is 19.2 Å². The summed E-state index contributed by atoms with van der Waals surface area (Å²) in [6, 6.07) is 14.7. The predicted molar refractivity (Wildman–Crippen MR) is 111 cm³/mol. The number of benzene rings is 2. The summed E-state index contributed by atoms with van der Waals surface area (Å²) in [7, 11) is 1.59. The Kier molecular flexibility index (Phi) is 5.27. The summed E-state index contributed by atoms with van der Waals surface area (Å²) in [5.74, 6) is 1.29. The van der Waals surface area contributed by atoms with E-state index in [1.807, 2.05) is 36.4 Å². The van der Waals surface area contributed by atoms with Gasteiger partial charge in [0.1, 0.15) is 22.5 Å². The van der Waals surface area contributed by atoms with Crippen LogP contribution in [0.3, 0.4) is 0 Å². The van der Waals surface area contributed by atoms with Crippen molar-refractivity contribution in [2.45, 2.75) is 6.54 Å². The Morgan fingerprint density at radius 2 is 1.86 bits per heavy atom. The van der Waals surface area contributed by atoms with Gasteiger partial charge < -0.3 is 9.47 Å². The van der Waals surface area contributed by atoms with Crippen LogP contribution in [0.15, 0.2) is 59.7 Å². The molecule has 2 aromatic carbocycles. The van der Waals surface area contributed by atoms with Crippen LogP contribution in [0.1, 0.15) is 0 Å². The maximum Gasteiger partial charge on any atom is 0.273 e. The van der Waals surface area contributed by atoms with Gasteiger partial charge in [0.25, 0.3) is 5.56 Å². The summed E-state index contributed by atoms with van der Waals surface area (Å²) in [6.45, 7) is 0.685. The van der Waals surface area contributed by atoms with Gasteiger partial charge in [0.05, 0.1) is 20.0 Å². The van der Waals surface area contributed by atoms with Gasteiger partial charge in [-0.2, -0.15) is 4.37 Å². The van der Waals surface area contributed by atoms with Gasteiger partial charge >= 0.3 is 0 Å². The van der Waals surface area contributed by atoms with Gasteiger partial charge in [0, 0.05) is 10.6 Å². The summed E-state index contributed by atoms with van der Waals surface area (Å²) in [6.07, 6.45) is 1.53. The van der Waals surface area contributed by atoms with Crippen LogP contribution in [0, 0.1) is 0 Å². The summed E-state index contributed by atoms with van der Waals surface area (Å²) < 4.78 is 17.5. The van der Waals surface area contributed by atoms with Crippen molar-refractivity contribution >= 4 is 33.4 Å². The molecule has 0 aliphatic rings. The molecule has 0 unspecified atom stereocenters. The van der Waals surface area contributed by atoms with Gasteiger partial charge in [0.15, 0.2) is 11.5 Å². The number of rotatable bonds is 6. The molecule has 8 heteroatoms. The van der Waals surface area contributed by atoms with E-state index in [0.29, 0.717) is 45.6 Å². The molecule has 2 heterocycles. The first-order chi connectivity index (χ1) is 13.7. The zero-order valence-corrected chi connectivity index (χ0v) is 16.5. The highest BCUT2D eigenvalue weighted by molar-refractivity contribution is 7.13. The van der Waals surface area contributed by atoms with E-state index < -0.39 is 0 Å². The number of methoxy groups -OCH3 is 1. The molecule has 0 fully saturated rings. The first kappa shape index (κ1) is 18.5. The fourth-order valence-electron chi connectivity index (χ4n) is 2.80. The van der Waals surface area contributed by atoms with Crippen molar-refractivity contribution in [1.82, 2.24) is 13.9 Å². The van der Waals surface area contributed by atoms with Gasteiger partial charge in [-0.25, -0.2) is 4.98 Å². The van der Waals surface area contributed by atoms with E-state index in [9.17, 15) is 4.79 Å². The van der Waals surface area contributed by atoms with Crippen LogP contribution in [0.4, 0.5) is 0 Å². The zero-order chi connectivity index (χ0) is 19.5. The molecule has 2 aromatic heterocycles. The SMILES string of the molecule is COc1ccccc1OCCn1cnc2c(-c3ccc(Cl)cc3)nsc2c1=O. The molecule has 0 saturated carbocycles. The van der Waals surface area contributed by atoms with E-state index in [0.717, 1.165) is 17.1 Å². The monoisotopic (exact) mass is 413 g/mol. The van der Waals surface area contributed by atoms with Gasteiger partial charge in [-0.3, -0.25) is 9.36 Å². The maximum absolute atomic E-state index is 12.8. The Bertz CT molecular complexity index is 1170. The van der Waals surface area contributed by atoms with Crippen LogP contribution in [0.5, 0.6) is 11.5 Å². The third-order valence-electron chi connectivity index (χ3n) is 4.23. The molecule has 0 aliphatic heterocycles. The molecule has 0 radical (unpaired) electrons. The lowest BCUT2D eigenvalue weighted by Gasteiger charge is -2.11. The maximum atomic E-state index is 12.8. The molecule has 6 nitrogen and oxygen atoms in total. The highest BCUT2D eigenvalue weighted by Gasteiger charge is 2.14. The van der Waals surface area contributed by atoms with Crippen molar-refractivity contribution in [2.75, 3.05) is 13.7 Å². The van der Waals surface area contributed by atoms with Crippen LogP contribution in [0.25, 0.3) is 21.5 Å². The third-order valence-corrected chi connectivity index (χ3v) is 5.30. The number of fused-ring (bicyclic) bond motifs is 1. The highest BCUT2D eigenvalue weighted by Crippen LogP contribution is 2.28. The Morgan fingerprint density at radius 1 is 1.11 bits per heavy atom. The van der Waals surface area contributed by atoms with Crippen LogP contribution in [-0.2, 0) is 6.54 Å². The highest BCUT2D eigenvalue weighted by atomic mass is 35.5. The molecule has 0 aliphatic carbocycles. The van der Waals surface area contributed by atoms with Crippen molar-refractivity contribution in [3.63, 3.8) is 0 Å². The fourth-order valence-corrected chi connectivity index (χ4v) is 3.74. The molecular formula is C20H16ClN3O3S. The van der Waals surface area contributed by atoms with Crippen molar-refractivity contribution in [3.05, 3.63) is 70.2 Å². The van der Waals surface area contributed by atoms with Crippen LogP contribution >= 0.6 is 23.1 Å². The van der Waals surface area contributed by atoms with Gasteiger partial charge in [-0.1, -0.05) is 35.9 Å². The molecule has 4 aromatic rings. The molecule has 0 amide bonds. The molecule has 0 saturated heterocycles. The molecule has 0 N–H and O–H groups in total.